The topological polar surface area (TPSA) is 63.5 Å². The molecule has 1 unspecified atom stereocenters. The highest BCUT2D eigenvalue weighted by atomic mass is 32.2. The van der Waals surface area contributed by atoms with Crippen molar-refractivity contribution in [3.8, 4) is 11.5 Å². The lowest BCUT2D eigenvalue weighted by molar-refractivity contribution is -0.118. The summed E-state index contributed by atoms with van der Waals surface area (Å²) in [4.78, 5) is 7.39. The maximum Gasteiger partial charge on any atom is 0.233 e. The van der Waals surface area contributed by atoms with E-state index in [2.05, 4.69) is 11.0 Å². The third-order valence-corrected chi connectivity index (χ3v) is 7.14. The van der Waals surface area contributed by atoms with Crippen LogP contribution < -0.4 is 9.47 Å². The molecule has 1 N–H and O–H groups in total. The summed E-state index contributed by atoms with van der Waals surface area (Å²) in [7, 11) is 1.66. The van der Waals surface area contributed by atoms with E-state index >= 15 is 0 Å². The van der Waals surface area contributed by atoms with Crippen molar-refractivity contribution in [1.82, 2.24) is 4.90 Å². The van der Waals surface area contributed by atoms with Crippen LogP contribution in [0.4, 0.5) is 0 Å². The Morgan fingerprint density at radius 2 is 2.07 bits per heavy atom. The summed E-state index contributed by atoms with van der Waals surface area (Å²) < 4.78 is 17.8. The molecule has 0 saturated carbocycles. The summed E-state index contributed by atoms with van der Waals surface area (Å²) >= 11 is 1.77. The molecule has 0 radical (unpaired) electrons. The van der Waals surface area contributed by atoms with Gasteiger partial charge in [-0.25, -0.2) is 4.99 Å². The van der Waals surface area contributed by atoms with Crippen LogP contribution in [0, 0.1) is 5.92 Å². The molecule has 3 atom stereocenters. The first-order valence-electron chi connectivity index (χ1n) is 10.3. The highest BCUT2D eigenvalue weighted by molar-refractivity contribution is 8.13. The SMILES string of the molecule is COc1ccc(COCC23N=C4SCCCN4[C@H](c4ccccc4O2)[C@H]3CO)cc1. The van der Waals surface area contributed by atoms with Crippen LogP contribution in [0.2, 0.25) is 0 Å². The number of rotatable bonds is 6. The highest BCUT2D eigenvalue weighted by Gasteiger charge is 2.56. The Labute approximate surface area is 180 Å². The van der Waals surface area contributed by atoms with Crippen molar-refractivity contribution in [2.75, 3.05) is 32.6 Å². The van der Waals surface area contributed by atoms with E-state index in [1.165, 1.54) is 0 Å². The molecular formula is C23H26N2O4S. The van der Waals surface area contributed by atoms with Gasteiger partial charge in [0.05, 0.1) is 32.3 Å². The van der Waals surface area contributed by atoms with Crippen LogP contribution in [0.15, 0.2) is 53.5 Å². The fourth-order valence-corrected chi connectivity index (χ4v) is 5.63. The largest absolute Gasteiger partial charge is 0.497 e. The molecule has 2 aromatic carbocycles. The first kappa shape index (κ1) is 19.7. The summed E-state index contributed by atoms with van der Waals surface area (Å²) in [6.45, 7) is 1.67. The summed E-state index contributed by atoms with van der Waals surface area (Å²) in [6.07, 6.45) is 1.11. The van der Waals surface area contributed by atoms with E-state index in [1.807, 2.05) is 42.5 Å². The number of hydrogen-bond donors (Lipinski definition) is 1. The van der Waals surface area contributed by atoms with Crippen LogP contribution >= 0.6 is 11.8 Å². The number of nitrogens with zero attached hydrogens (tertiary/aromatic N) is 2. The lowest BCUT2D eigenvalue weighted by Gasteiger charge is -2.54. The molecular weight excluding hydrogens is 400 g/mol. The third kappa shape index (κ3) is 3.35. The Morgan fingerprint density at radius 1 is 1.23 bits per heavy atom. The minimum atomic E-state index is -0.920. The summed E-state index contributed by atoms with van der Waals surface area (Å²) in [5, 5.41) is 11.4. The first-order valence-corrected chi connectivity index (χ1v) is 11.3. The minimum Gasteiger partial charge on any atom is -0.497 e. The summed E-state index contributed by atoms with van der Waals surface area (Å²) in [6, 6.07) is 16.0. The Balaban J connectivity index is 1.44. The number of para-hydroxylation sites is 1. The van der Waals surface area contributed by atoms with Gasteiger partial charge in [-0.3, -0.25) is 0 Å². The molecule has 0 amide bonds. The van der Waals surface area contributed by atoms with Gasteiger partial charge in [-0.15, -0.1) is 0 Å². The number of amidine groups is 1. The van der Waals surface area contributed by atoms with Gasteiger partial charge in [0.1, 0.15) is 18.1 Å². The van der Waals surface area contributed by atoms with Crippen LogP contribution in [0.5, 0.6) is 11.5 Å². The minimum absolute atomic E-state index is 0.0111. The van der Waals surface area contributed by atoms with Gasteiger partial charge in [-0.2, -0.15) is 0 Å². The summed E-state index contributed by atoms with van der Waals surface area (Å²) in [5.74, 6) is 2.51. The van der Waals surface area contributed by atoms with E-state index in [0.29, 0.717) is 6.61 Å². The number of thioether (sulfide) groups is 1. The lowest BCUT2D eigenvalue weighted by atomic mass is 9.80. The second kappa shape index (κ2) is 8.13. The number of benzene rings is 2. The van der Waals surface area contributed by atoms with Gasteiger partial charge in [0.2, 0.25) is 5.72 Å². The standard InChI is InChI=1S/C23H26N2O4S/c1-27-17-9-7-16(8-10-17)14-28-15-23-19(13-26)21(18-5-2-3-6-20(18)29-23)25-11-4-12-30-22(25)24-23/h2-3,5-10,19,21,26H,4,11-15H2,1H3/t19-,21-,23?/m1/s1. The van der Waals surface area contributed by atoms with Gasteiger partial charge in [0.15, 0.2) is 5.17 Å². The molecule has 6 nitrogen and oxygen atoms in total. The predicted octanol–water partition coefficient (Wildman–Crippen LogP) is 3.46. The monoisotopic (exact) mass is 426 g/mol. The maximum absolute atomic E-state index is 10.4. The van der Waals surface area contributed by atoms with Crippen molar-refractivity contribution in [3.05, 3.63) is 59.7 Å². The Hall–Kier alpha value is -2.22. The molecule has 2 bridgehead atoms. The molecule has 5 rings (SSSR count). The molecule has 7 heteroatoms. The van der Waals surface area contributed by atoms with Crippen molar-refractivity contribution in [3.63, 3.8) is 0 Å². The molecule has 1 fully saturated rings. The average Bonchev–Trinajstić information content (AvgIpc) is 2.79. The lowest BCUT2D eigenvalue weighted by Crippen LogP contribution is -2.61. The maximum atomic E-state index is 10.4. The normalized spacial score (nSPS) is 26.9. The van der Waals surface area contributed by atoms with E-state index in [9.17, 15) is 5.11 Å². The Morgan fingerprint density at radius 3 is 2.87 bits per heavy atom. The van der Waals surface area contributed by atoms with Gasteiger partial charge < -0.3 is 24.2 Å². The van der Waals surface area contributed by atoms with E-state index in [0.717, 1.165) is 46.5 Å². The highest BCUT2D eigenvalue weighted by Crippen LogP contribution is 2.52. The zero-order valence-electron chi connectivity index (χ0n) is 17.0. The number of ether oxygens (including phenoxy) is 3. The van der Waals surface area contributed by atoms with E-state index < -0.39 is 5.72 Å². The van der Waals surface area contributed by atoms with E-state index in [-0.39, 0.29) is 25.2 Å². The number of fused-ring (bicyclic) bond motifs is 6. The number of aliphatic imine (C=N–C) groups is 1. The molecule has 1 saturated heterocycles. The second-order valence-corrected chi connectivity index (χ2v) is 8.91. The molecule has 3 heterocycles. The van der Waals surface area contributed by atoms with Crippen LogP contribution in [0.1, 0.15) is 23.6 Å². The first-order chi connectivity index (χ1) is 14.7. The number of aliphatic hydroxyl groups is 1. The van der Waals surface area contributed by atoms with Gasteiger partial charge in [-0.1, -0.05) is 42.1 Å². The van der Waals surface area contributed by atoms with Crippen LogP contribution in [0.25, 0.3) is 0 Å². The molecule has 158 valence electrons. The molecule has 2 aromatic rings. The number of methoxy groups -OCH3 is 1. The van der Waals surface area contributed by atoms with Crippen molar-refractivity contribution in [2.45, 2.75) is 24.8 Å². The van der Waals surface area contributed by atoms with Crippen LogP contribution in [-0.2, 0) is 11.3 Å². The zero-order valence-corrected chi connectivity index (χ0v) is 17.8. The number of aliphatic hydroxyl groups excluding tert-OH is 1. The van der Waals surface area contributed by atoms with E-state index in [1.54, 1.807) is 18.9 Å². The van der Waals surface area contributed by atoms with E-state index in [4.69, 9.17) is 19.2 Å². The molecule has 0 spiro atoms. The van der Waals surface area contributed by atoms with Crippen LogP contribution in [-0.4, -0.2) is 53.5 Å². The van der Waals surface area contributed by atoms with Crippen LogP contribution in [0.3, 0.4) is 0 Å². The molecule has 0 aliphatic carbocycles. The third-order valence-electron chi connectivity index (χ3n) is 6.06. The van der Waals surface area contributed by atoms with Gasteiger partial charge in [-0.05, 0) is 30.2 Å². The van der Waals surface area contributed by atoms with Gasteiger partial charge >= 0.3 is 0 Å². The molecule has 30 heavy (non-hydrogen) atoms. The molecule has 3 aliphatic rings. The van der Waals surface area contributed by atoms with Crippen molar-refractivity contribution >= 4 is 16.9 Å². The number of hydrogen-bond acceptors (Lipinski definition) is 7. The quantitative estimate of drug-likeness (QED) is 0.763. The second-order valence-electron chi connectivity index (χ2n) is 7.85. The predicted molar refractivity (Wildman–Crippen MR) is 117 cm³/mol. The van der Waals surface area contributed by atoms with Crippen molar-refractivity contribution < 1.29 is 19.3 Å². The van der Waals surface area contributed by atoms with Gasteiger partial charge in [0.25, 0.3) is 0 Å². The van der Waals surface area contributed by atoms with Crippen molar-refractivity contribution in [2.24, 2.45) is 10.9 Å². The fraction of sp³-hybridized carbons (Fsp3) is 0.435. The fourth-order valence-electron chi connectivity index (χ4n) is 4.58. The Bertz CT molecular complexity index is 935. The average molecular weight is 427 g/mol. The zero-order chi connectivity index (χ0) is 20.6. The summed E-state index contributed by atoms with van der Waals surface area (Å²) in [5.41, 5.74) is 1.26. The Kier molecular flexibility index (Phi) is 5.35. The molecule has 3 aliphatic heterocycles. The van der Waals surface area contributed by atoms with Crippen molar-refractivity contribution in [1.29, 1.82) is 0 Å². The molecule has 0 aromatic heterocycles. The van der Waals surface area contributed by atoms with Gasteiger partial charge in [0, 0.05) is 17.9 Å². The smallest absolute Gasteiger partial charge is 0.233 e.